The van der Waals surface area contributed by atoms with Gasteiger partial charge in [0.05, 0.1) is 5.56 Å². The van der Waals surface area contributed by atoms with E-state index >= 15 is 0 Å². The fourth-order valence-corrected chi connectivity index (χ4v) is 2.85. The van der Waals surface area contributed by atoms with Crippen molar-refractivity contribution in [2.45, 2.75) is 18.5 Å². The predicted octanol–water partition coefficient (Wildman–Crippen LogP) is 2.62. The van der Waals surface area contributed by atoms with Crippen LogP contribution in [-0.4, -0.2) is 26.7 Å². The van der Waals surface area contributed by atoms with Crippen LogP contribution in [0.25, 0.3) is 0 Å². The van der Waals surface area contributed by atoms with Gasteiger partial charge in [0.2, 0.25) is 0 Å². The van der Waals surface area contributed by atoms with Gasteiger partial charge in [-0.05, 0) is 44.1 Å². The second-order valence-corrected chi connectivity index (χ2v) is 5.00. The van der Waals surface area contributed by atoms with E-state index in [-0.39, 0.29) is 11.8 Å². The molecule has 2 unspecified atom stereocenters. The second-order valence-electron chi connectivity index (χ2n) is 5.00. The zero-order valence-electron chi connectivity index (χ0n) is 10.9. The van der Waals surface area contributed by atoms with E-state index in [1.165, 1.54) is 12.1 Å². The highest BCUT2D eigenvalue weighted by atomic mass is 19.4. The summed E-state index contributed by atoms with van der Waals surface area (Å²) in [5, 5.41) is 6.26. The monoisotopic (exact) mass is 272 g/mol. The minimum Gasteiger partial charge on any atom is -0.319 e. The van der Waals surface area contributed by atoms with Crippen LogP contribution in [-0.2, 0) is 6.18 Å². The van der Waals surface area contributed by atoms with Crippen molar-refractivity contribution in [3.63, 3.8) is 0 Å². The number of rotatable bonds is 4. The number of halogens is 3. The maximum atomic E-state index is 13.1. The van der Waals surface area contributed by atoms with Crippen molar-refractivity contribution in [2.24, 2.45) is 5.92 Å². The van der Waals surface area contributed by atoms with Gasteiger partial charge in [0.15, 0.2) is 0 Å². The fourth-order valence-electron chi connectivity index (χ4n) is 2.85. The normalized spacial score (nSPS) is 21.6. The molecule has 2 nitrogen and oxygen atoms in total. The van der Waals surface area contributed by atoms with Crippen molar-refractivity contribution in [1.29, 1.82) is 0 Å². The Balaban J connectivity index is 2.35. The number of benzene rings is 1. The molecule has 2 N–H and O–H groups in total. The summed E-state index contributed by atoms with van der Waals surface area (Å²) in [5.74, 6) is 0.161. The van der Waals surface area contributed by atoms with Gasteiger partial charge in [-0.1, -0.05) is 18.2 Å². The van der Waals surface area contributed by atoms with Gasteiger partial charge in [-0.2, -0.15) is 13.2 Å². The molecule has 0 aliphatic carbocycles. The highest BCUT2D eigenvalue weighted by molar-refractivity contribution is 5.33. The predicted molar refractivity (Wildman–Crippen MR) is 69.1 cm³/mol. The van der Waals surface area contributed by atoms with Gasteiger partial charge in [-0.25, -0.2) is 0 Å². The molecule has 0 radical (unpaired) electrons. The van der Waals surface area contributed by atoms with E-state index in [1.807, 2.05) is 0 Å². The van der Waals surface area contributed by atoms with Crippen LogP contribution in [0.15, 0.2) is 24.3 Å². The lowest BCUT2D eigenvalue weighted by Crippen LogP contribution is -2.27. The highest BCUT2D eigenvalue weighted by Gasteiger charge is 2.37. The fraction of sp³-hybridized carbons (Fsp3) is 0.571. The third-order valence-electron chi connectivity index (χ3n) is 3.76. The van der Waals surface area contributed by atoms with Gasteiger partial charge in [0, 0.05) is 12.5 Å². The average molecular weight is 272 g/mol. The van der Waals surface area contributed by atoms with Crippen LogP contribution in [0.5, 0.6) is 0 Å². The summed E-state index contributed by atoms with van der Waals surface area (Å²) in [7, 11) is 1.78. The molecule has 0 bridgehead atoms. The molecule has 0 saturated carbocycles. The number of nitrogens with one attached hydrogen (secondary N) is 2. The summed E-state index contributed by atoms with van der Waals surface area (Å²) in [6.45, 7) is 2.25. The topological polar surface area (TPSA) is 24.1 Å². The van der Waals surface area contributed by atoms with Gasteiger partial charge in [-0.3, -0.25) is 0 Å². The number of hydrogen-bond donors (Lipinski definition) is 2. The zero-order chi connectivity index (χ0) is 13.9. The summed E-state index contributed by atoms with van der Waals surface area (Å²) in [4.78, 5) is 0. The molecule has 1 aliphatic rings. The van der Waals surface area contributed by atoms with Gasteiger partial charge in [0.1, 0.15) is 0 Å². The minimum absolute atomic E-state index is 0.0992. The Labute approximate surface area is 111 Å². The van der Waals surface area contributed by atoms with Crippen LogP contribution in [0.3, 0.4) is 0 Å². The lowest BCUT2D eigenvalue weighted by atomic mass is 9.83. The molecule has 0 aromatic heterocycles. The Morgan fingerprint density at radius 3 is 2.68 bits per heavy atom. The number of alkyl halides is 3. The third kappa shape index (κ3) is 3.28. The molecule has 1 heterocycles. The first-order valence-electron chi connectivity index (χ1n) is 6.55. The minimum atomic E-state index is -4.28. The average Bonchev–Trinajstić information content (AvgIpc) is 2.88. The van der Waals surface area contributed by atoms with E-state index in [1.54, 1.807) is 19.2 Å². The molecule has 1 aliphatic heterocycles. The van der Waals surface area contributed by atoms with Crippen LogP contribution < -0.4 is 10.6 Å². The van der Waals surface area contributed by atoms with E-state index in [9.17, 15) is 13.2 Å². The first kappa shape index (κ1) is 14.3. The quantitative estimate of drug-likeness (QED) is 0.880. The third-order valence-corrected chi connectivity index (χ3v) is 3.76. The second kappa shape index (κ2) is 5.92. The van der Waals surface area contributed by atoms with Crippen molar-refractivity contribution in [2.75, 3.05) is 26.7 Å². The number of likely N-dealkylation sites (N-methyl/N-ethyl adjacent to an activating group) is 1. The molecule has 5 heteroatoms. The molecule has 0 amide bonds. The van der Waals surface area contributed by atoms with Crippen LogP contribution in [0, 0.1) is 5.92 Å². The Morgan fingerprint density at radius 2 is 2.11 bits per heavy atom. The van der Waals surface area contributed by atoms with Crippen molar-refractivity contribution >= 4 is 0 Å². The van der Waals surface area contributed by atoms with E-state index in [2.05, 4.69) is 10.6 Å². The molecule has 2 atom stereocenters. The van der Waals surface area contributed by atoms with E-state index < -0.39 is 11.7 Å². The standard InChI is InChI=1S/C14H19F3N2/c1-18-9-12(10-6-7-19-8-10)11-4-2-3-5-13(11)14(15,16)17/h2-5,10,12,18-19H,6-9H2,1H3. The Morgan fingerprint density at radius 1 is 1.37 bits per heavy atom. The largest absolute Gasteiger partial charge is 0.416 e. The van der Waals surface area contributed by atoms with Gasteiger partial charge in [0.25, 0.3) is 0 Å². The molecule has 19 heavy (non-hydrogen) atoms. The molecule has 1 aromatic rings. The Bertz CT molecular complexity index is 411. The van der Waals surface area contributed by atoms with Gasteiger partial charge < -0.3 is 10.6 Å². The summed E-state index contributed by atoms with van der Waals surface area (Å²) in [6.07, 6.45) is -3.35. The van der Waals surface area contributed by atoms with E-state index in [0.717, 1.165) is 19.5 Å². The summed E-state index contributed by atoms with van der Waals surface area (Å²) in [5.41, 5.74) is -0.0831. The highest BCUT2D eigenvalue weighted by Crippen LogP contribution is 2.38. The zero-order valence-corrected chi connectivity index (χ0v) is 10.9. The van der Waals surface area contributed by atoms with Gasteiger partial charge in [-0.15, -0.1) is 0 Å². The summed E-state index contributed by atoms with van der Waals surface area (Å²) in [6, 6.07) is 5.94. The summed E-state index contributed by atoms with van der Waals surface area (Å²) < 4.78 is 39.3. The van der Waals surface area contributed by atoms with Crippen molar-refractivity contribution in [3.05, 3.63) is 35.4 Å². The maximum absolute atomic E-state index is 13.1. The molecular formula is C14H19F3N2. The maximum Gasteiger partial charge on any atom is 0.416 e. The SMILES string of the molecule is CNCC(c1ccccc1C(F)(F)F)C1CCNC1. The molecule has 0 spiro atoms. The van der Waals surface area contributed by atoms with Crippen molar-refractivity contribution in [3.8, 4) is 0 Å². The molecular weight excluding hydrogens is 253 g/mol. The number of hydrogen-bond acceptors (Lipinski definition) is 2. The summed E-state index contributed by atoms with van der Waals surface area (Å²) >= 11 is 0. The van der Waals surface area contributed by atoms with E-state index in [4.69, 9.17) is 0 Å². The smallest absolute Gasteiger partial charge is 0.319 e. The van der Waals surface area contributed by atoms with Crippen LogP contribution in [0.1, 0.15) is 23.5 Å². The molecule has 1 saturated heterocycles. The molecule has 2 rings (SSSR count). The van der Waals surface area contributed by atoms with Crippen molar-refractivity contribution < 1.29 is 13.2 Å². The Hall–Kier alpha value is -1.07. The first-order valence-corrected chi connectivity index (χ1v) is 6.55. The molecule has 1 aromatic carbocycles. The van der Waals surface area contributed by atoms with Crippen molar-refractivity contribution in [1.82, 2.24) is 10.6 Å². The van der Waals surface area contributed by atoms with E-state index in [0.29, 0.717) is 12.1 Å². The van der Waals surface area contributed by atoms with Crippen LogP contribution >= 0.6 is 0 Å². The molecule has 1 fully saturated rings. The lowest BCUT2D eigenvalue weighted by molar-refractivity contribution is -0.138. The Kier molecular flexibility index (Phi) is 4.47. The van der Waals surface area contributed by atoms with Crippen LogP contribution in [0.2, 0.25) is 0 Å². The van der Waals surface area contributed by atoms with Gasteiger partial charge >= 0.3 is 6.18 Å². The lowest BCUT2D eigenvalue weighted by Gasteiger charge is -2.26. The molecule has 106 valence electrons. The van der Waals surface area contributed by atoms with Crippen LogP contribution in [0.4, 0.5) is 13.2 Å². The first-order chi connectivity index (χ1) is 9.04.